The number of urea groups is 1. The third kappa shape index (κ3) is 5.11. The van der Waals surface area contributed by atoms with E-state index in [1.165, 1.54) is 26.4 Å². The van der Waals surface area contributed by atoms with Crippen molar-refractivity contribution in [2.45, 2.75) is 39.3 Å². The zero-order chi connectivity index (χ0) is 24.8. The molecule has 1 heterocycles. The molecule has 10 heteroatoms. The van der Waals surface area contributed by atoms with Crippen molar-refractivity contribution in [2.24, 2.45) is 0 Å². The van der Waals surface area contributed by atoms with Crippen LogP contribution >= 0.6 is 0 Å². The molecule has 34 heavy (non-hydrogen) atoms. The summed E-state index contributed by atoms with van der Waals surface area (Å²) >= 11 is 0. The average molecular weight is 469 g/mol. The number of nitro benzene ring substituents is 1. The number of benzene rings is 2. The highest BCUT2D eigenvalue weighted by Crippen LogP contribution is 2.42. The van der Waals surface area contributed by atoms with Crippen LogP contribution in [0.25, 0.3) is 0 Å². The second-order valence-corrected chi connectivity index (χ2v) is 7.71. The molecule has 0 saturated heterocycles. The number of aryl methyl sites for hydroxylation is 1. The molecule has 1 aliphatic rings. The number of nitrogens with zero attached hydrogens (tertiary/aromatic N) is 1. The molecule has 3 rings (SSSR count). The van der Waals surface area contributed by atoms with Gasteiger partial charge in [-0.1, -0.05) is 37.6 Å². The Labute approximate surface area is 197 Å². The number of esters is 1. The van der Waals surface area contributed by atoms with Crippen molar-refractivity contribution >= 4 is 17.7 Å². The third-order valence-electron chi connectivity index (χ3n) is 5.50. The first-order valence-electron chi connectivity index (χ1n) is 10.7. The monoisotopic (exact) mass is 469 g/mol. The lowest BCUT2D eigenvalue weighted by molar-refractivity contribution is -0.386. The highest BCUT2D eigenvalue weighted by Gasteiger charge is 2.35. The SMILES string of the molecule is CCCC1=C(C(=O)OC)C(c2cc(OC)c(OCc3ccccc3C)c([N+](=O)[O-])c2)NC(=O)N1. The van der Waals surface area contributed by atoms with Crippen LogP contribution in [0.1, 0.15) is 42.5 Å². The van der Waals surface area contributed by atoms with Crippen LogP contribution in [0.4, 0.5) is 10.5 Å². The summed E-state index contributed by atoms with van der Waals surface area (Å²) in [5.41, 5.74) is 2.37. The van der Waals surface area contributed by atoms with Crippen LogP contribution in [0.15, 0.2) is 47.7 Å². The van der Waals surface area contributed by atoms with Gasteiger partial charge in [0.2, 0.25) is 5.75 Å². The van der Waals surface area contributed by atoms with E-state index in [-0.39, 0.29) is 34.9 Å². The largest absolute Gasteiger partial charge is 0.493 e. The van der Waals surface area contributed by atoms with Crippen molar-refractivity contribution in [1.82, 2.24) is 10.6 Å². The Hall–Kier alpha value is -4.08. The van der Waals surface area contributed by atoms with Gasteiger partial charge in [-0.3, -0.25) is 10.1 Å². The van der Waals surface area contributed by atoms with Crippen LogP contribution in [-0.4, -0.2) is 31.1 Å². The minimum absolute atomic E-state index is 0.0443. The van der Waals surface area contributed by atoms with Crippen molar-refractivity contribution in [1.29, 1.82) is 0 Å². The van der Waals surface area contributed by atoms with E-state index in [1.807, 2.05) is 38.1 Å². The molecule has 2 aromatic rings. The van der Waals surface area contributed by atoms with E-state index in [0.29, 0.717) is 18.5 Å². The number of amides is 2. The molecule has 1 unspecified atom stereocenters. The zero-order valence-corrected chi connectivity index (χ0v) is 19.5. The summed E-state index contributed by atoms with van der Waals surface area (Å²) in [7, 11) is 2.60. The molecule has 0 aliphatic carbocycles. The first-order chi connectivity index (χ1) is 16.3. The number of methoxy groups -OCH3 is 2. The Morgan fingerprint density at radius 1 is 1.21 bits per heavy atom. The summed E-state index contributed by atoms with van der Waals surface area (Å²) in [5, 5.41) is 17.3. The van der Waals surface area contributed by atoms with E-state index >= 15 is 0 Å². The highest BCUT2D eigenvalue weighted by atomic mass is 16.6. The quantitative estimate of drug-likeness (QED) is 0.322. The third-order valence-corrected chi connectivity index (χ3v) is 5.50. The molecule has 10 nitrogen and oxygen atoms in total. The topological polar surface area (TPSA) is 129 Å². The van der Waals surface area contributed by atoms with Crippen LogP contribution in [0.3, 0.4) is 0 Å². The summed E-state index contributed by atoms with van der Waals surface area (Å²) in [4.78, 5) is 36.3. The predicted molar refractivity (Wildman–Crippen MR) is 124 cm³/mol. The molecule has 2 aromatic carbocycles. The van der Waals surface area contributed by atoms with E-state index in [9.17, 15) is 19.7 Å². The molecule has 2 amide bonds. The van der Waals surface area contributed by atoms with E-state index in [4.69, 9.17) is 14.2 Å². The first-order valence-corrected chi connectivity index (χ1v) is 10.7. The molecular weight excluding hydrogens is 442 g/mol. The van der Waals surface area contributed by atoms with Crippen molar-refractivity contribution in [3.63, 3.8) is 0 Å². The van der Waals surface area contributed by atoms with Crippen LogP contribution in [-0.2, 0) is 16.1 Å². The highest BCUT2D eigenvalue weighted by molar-refractivity contribution is 5.95. The molecule has 1 aliphatic heterocycles. The number of hydrogen-bond donors (Lipinski definition) is 2. The summed E-state index contributed by atoms with van der Waals surface area (Å²) in [5.74, 6) is -0.591. The molecule has 180 valence electrons. The van der Waals surface area contributed by atoms with E-state index in [0.717, 1.165) is 11.1 Å². The van der Waals surface area contributed by atoms with Crippen molar-refractivity contribution in [3.05, 3.63) is 74.5 Å². The number of nitro groups is 1. The minimum Gasteiger partial charge on any atom is -0.493 e. The molecule has 0 radical (unpaired) electrons. The van der Waals surface area contributed by atoms with Gasteiger partial charge >= 0.3 is 17.7 Å². The molecule has 2 N–H and O–H groups in total. The lowest BCUT2D eigenvalue weighted by Gasteiger charge is -2.29. The van der Waals surface area contributed by atoms with Gasteiger partial charge in [0.05, 0.1) is 30.8 Å². The Kier molecular flexibility index (Phi) is 7.72. The molecule has 0 fully saturated rings. The van der Waals surface area contributed by atoms with Gasteiger partial charge in [0.25, 0.3) is 0 Å². The summed E-state index contributed by atoms with van der Waals surface area (Å²) < 4.78 is 16.2. The number of allylic oxidation sites excluding steroid dienone is 1. The van der Waals surface area contributed by atoms with Crippen molar-refractivity contribution < 1.29 is 28.7 Å². The predicted octanol–water partition coefficient (Wildman–Crippen LogP) is 4.07. The maximum Gasteiger partial charge on any atom is 0.337 e. The van der Waals surface area contributed by atoms with Gasteiger partial charge in [-0.2, -0.15) is 0 Å². The lowest BCUT2D eigenvalue weighted by atomic mass is 9.93. The normalized spacial score (nSPS) is 15.3. The molecule has 1 atom stereocenters. The Morgan fingerprint density at radius 3 is 2.56 bits per heavy atom. The molecular formula is C24H27N3O7. The fraction of sp³-hybridized carbons (Fsp3) is 0.333. The average Bonchev–Trinajstić information content (AvgIpc) is 2.82. The van der Waals surface area contributed by atoms with Gasteiger partial charge in [-0.15, -0.1) is 0 Å². The van der Waals surface area contributed by atoms with E-state index in [2.05, 4.69) is 10.6 Å². The summed E-state index contributed by atoms with van der Waals surface area (Å²) in [6.45, 7) is 3.92. The Bertz CT molecular complexity index is 1140. The van der Waals surface area contributed by atoms with Gasteiger partial charge in [0.1, 0.15) is 6.61 Å². The number of nitrogens with one attached hydrogen (secondary N) is 2. The molecule has 0 spiro atoms. The number of hydrogen-bond acceptors (Lipinski definition) is 7. The van der Waals surface area contributed by atoms with Crippen LogP contribution < -0.4 is 20.1 Å². The van der Waals surface area contributed by atoms with Crippen LogP contribution in [0, 0.1) is 17.0 Å². The second kappa shape index (κ2) is 10.7. The van der Waals surface area contributed by atoms with Gasteiger partial charge in [0, 0.05) is 11.8 Å². The number of ether oxygens (including phenoxy) is 3. The number of rotatable bonds is 9. The van der Waals surface area contributed by atoms with Crippen LogP contribution in [0.2, 0.25) is 0 Å². The molecule has 0 bridgehead atoms. The lowest BCUT2D eigenvalue weighted by Crippen LogP contribution is -2.45. The summed E-state index contributed by atoms with van der Waals surface area (Å²) in [6.07, 6.45) is 1.09. The van der Waals surface area contributed by atoms with Gasteiger partial charge < -0.3 is 24.8 Å². The molecule has 0 aromatic heterocycles. The summed E-state index contributed by atoms with van der Waals surface area (Å²) in [6, 6.07) is 8.83. The maximum atomic E-state index is 12.6. The van der Waals surface area contributed by atoms with Gasteiger partial charge in [-0.25, -0.2) is 9.59 Å². The first kappa shape index (κ1) is 24.6. The Morgan fingerprint density at radius 2 is 1.94 bits per heavy atom. The fourth-order valence-electron chi connectivity index (χ4n) is 3.80. The van der Waals surface area contributed by atoms with Crippen molar-refractivity contribution in [2.75, 3.05) is 14.2 Å². The smallest absolute Gasteiger partial charge is 0.337 e. The minimum atomic E-state index is -0.972. The Balaban J connectivity index is 2.10. The van der Waals surface area contributed by atoms with Crippen LogP contribution in [0.5, 0.6) is 11.5 Å². The van der Waals surface area contributed by atoms with E-state index < -0.39 is 23.0 Å². The van der Waals surface area contributed by atoms with Crippen molar-refractivity contribution in [3.8, 4) is 11.5 Å². The number of carbonyl (C=O) groups excluding carboxylic acids is 2. The van der Waals surface area contributed by atoms with Gasteiger partial charge in [-0.05, 0) is 36.1 Å². The fourth-order valence-corrected chi connectivity index (χ4v) is 3.80. The maximum absolute atomic E-state index is 12.6. The number of carbonyl (C=O) groups is 2. The van der Waals surface area contributed by atoms with E-state index in [1.54, 1.807) is 0 Å². The molecule has 0 saturated carbocycles. The second-order valence-electron chi connectivity index (χ2n) is 7.71. The van der Waals surface area contributed by atoms with Gasteiger partial charge in [0.15, 0.2) is 5.75 Å². The standard InChI is InChI=1S/C24H27N3O7/c1-5-8-17-20(23(28)33-4)21(26-24(29)25-17)16-11-18(27(30)31)22(19(12-16)32-3)34-13-15-10-7-6-9-14(15)2/h6-7,9-12,21H,5,8,13H2,1-4H3,(H2,25,26,29). The zero-order valence-electron chi connectivity index (χ0n) is 19.5.